The lowest BCUT2D eigenvalue weighted by molar-refractivity contribution is 0.0734. The van der Waals surface area contributed by atoms with Crippen LogP contribution in [-0.2, 0) is 0 Å². The van der Waals surface area contributed by atoms with Crippen molar-refractivity contribution in [3.63, 3.8) is 0 Å². The van der Waals surface area contributed by atoms with Gasteiger partial charge >= 0.3 is 0 Å². The van der Waals surface area contributed by atoms with Gasteiger partial charge in [0.25, 0.3) is 5.91 Å². The van der Waals surface area contributed by atoms with Gasteiger partial charge in [-0.15, -0.1) is 17.5 Å². The minimum absolute atomic E-state index is 0. The van der Waals surface area contributed by atoms with E-state index >= 15 is 0 Å². The lowest BCUT2D eigenvalue weighted by Crippen LogP contribution is -2.34. The molecule has 1 fully saturated rings. The number of carbonyl (C=O) groups excluding carboxylic acids is 1. The molecule has 0 aromatic carbocycles. The number of hydrogen-bond donors (Lipinski definition) is 1. The van der Waals surface area contributed by atoms with E-state index in [4.69, 9.17) is 0 Å². The normalized spacial score (nSPS) is 17.4. The van der Waals surface area contributed by atoms with Crippen LogP contribution in [0.2, 0.25) is 0 Å². The summed E-state index contributed by atoms with van der Waals surface area (Å²) in [7, 11) is 1.82. The molecule has 1 N–H and O–H groups in total. The van der Waals surface area contributed by atoms with E-state index in [9.17, 15) is 4.79 Å². The summed E-state index contributed by atoms with van der Waals surface area (Å²) in [5.41, 5.74) is 0.446. The van der Waals surface area contributed by atoms with Crippen molar-refractivity contribution < 1.29 is 4.79 Å². The Bertz CT molecular complexity index is 430. The molecule has 1 aliphatic heterocycles. The number of halogens is 1. The van der Waals surface area contributed by atoms with Crippen molar-refractivity contribution in [2.45, 2.75) is 45.2 Å². The quantitative estimate of drug-likeness (QED) is 0.915. The van der Waals surface area contributed by atoms with E-state index in [-0.39, 0.29) is 24.4 Å². The Labute approximate surface area is 126 Å². The van der Waals surface area contributed by atoms with Crippen LogP contribution in [0.3, 0.4) is 0 Å². The monoisotopic (exact) mass is 301 g/mol. The van der Waals surface area contributed by atoms with E-state index in [1.807, 2.05) is 18.7 Å². The Kier molecular flexibility index (Phi) is 6.42. The SMILES string of the molecule is CCC(C)N(C)C(=O)c1cn(C2CCNCC2)nn1.Cl. The second-order valence-electron chi connectivity index (χ2n) is 5.24. The van der Waals surface area contributed by atoms with Gasteiger partial charge in [0.1, 0.15) is 0 Å². The molecule has 6 nitrogen and oxygen atoms in total. The molecule has 7 heteroatoms. The summed E-state index contributed by atoms with van der Waals surface area (Å²) in [5, 5.41) is 11.5. The van der Waals surface area contributed by atoms with Crippen molar-refractivity contribution in [2.24, 2.45) is 0 Å². The number of carbonyl (C=O) groups is 1. The first-order valence-corrected chi connectivity index (χ1v) is 7.03. The van der Waals surface area contributed by atoms with Crippen LogP contribution in [0, 0.1) is 0 Å². The Hall–Kier alpha value is -1.14. The molecule has 20 heavy (non-hydrogen) atoms. The molecule has 0 aliphatic carbocycles. The minimum atomic E-state index is -0.0467. The minimum Gasteiger partial charge on any atom is -0.338 e. The lowest BCUT2D eigenvalue weighted by Gasteiger charge is -2.23. The van der Waals surface area contributed by atoms with Gasteiger partial charge in [-0.3, -0.25) is 4.79 Å². The molecule has 2 heterocycles. The first kappa shape index (κ1) is 16.9. The summed E-state index contributed by atoms with van der Waals surface area (Å²) in [6.07, 6.45) is 4.80. The van der Waals surface area contributed by atoms with Gasteiger partial charge in [-0.25, -0.2) is 4.68 Å². The fraction of sp³-hybridized carbons (Fsp3) is 0.769. The molecular formula is C13H24ClN5O. The number of rotatable bonds is 4. The van der Waals surface area contributed by atoms with Crippen LogP contribution in [0.15, 0.2) is 6.20 Å². The molecule has 1 aromatic heterocycles. The molecule has 0 radical (unpaired) electrons. The number of amides is 1. The van der Waals surface area contributed by atoms with Gasteiger partial charge in [0, 0.05) is 13.1 Å². The molecule has 2 rings (SSSR count). The zero-order valence-corrected chi connectivity index (χ0v) is 13.2. The van der Waals surface area contributed by atoms with E-state index in [2.05, 4.69) is 22.6 Å². The molecule has 1 aliphatic rings. The van der Waals surface area contributed by atoms with Crippen LogP contribution < -0.4 is 5.32 Å². The molecule has 1 aromatic rings. The van der Waals surface area contributed by atoms with Crippen molar-refractivity contribution >= 4 is 18.3 Å². The lowest BCUT2D eigenvalue weighted by atomic mass is 10.1. The third-order valence-corrected chi connectivity index (χ3v) is 3.98. The van der Waals surface area contributed by atoms with E-state index in [0.29, 0.717) is 11.7 Å². The van der Waals surface area contributed by atoms with E-state index < -0.39 is 0 Å². The maximum Gasteiger partial charge on any atom is 0.276 e. The highest BCUT2D eigenvalue weighted by molar-refractivity contribution is 5.91. The first-order valence-electron chi connectivity index (χ1n) is 7.03. The standard InChI is InChI=1S/C13H23N5O.ClH/c1-4-10(2)17(3)13(19)12-9-18(16-15-12)11-5-7-14-8-6-11;/h9-11,14H,4-8H2,1-3H3;1H. The van der Waals surface area contributed by atoms with E-state index in [1.54, 1.807) is 11.1 Å². The zero-order valence-electron chi connectivity index (χ0n) is 12.4. The smallest absolute Gasteiger partial charge is 0.276 e. The van der Waals surface area contributed by atoms with Gasteiger partial charge in [0.2, 0.25) is 0 Å². The molecule has 0 saturated carbocycles. The summed E-state index contributed by atoms with van der Waals surface area (Å²) >= 11 is 0. The summed E-state index contributed by atoms with van der Waals surface area (Å²) in [6.45, 7) is 6.11. The van der Waals surface area contributed by atoms with Crippen LogP contribution in [0.1, 0.15) is 49.6 Å². The van der Waals surface area contributed by atoms with Gasteiger partial charge in [-0.1, -0.05) is 12.1 Å². The topological polar surface area (TPSA) is 63.1 Å². The summed E-state index contributed by atoms with van der Waals surface area (Å²) in [5.74, 6) is -0.0467. The number of aromatic nitrogens is 3. The fourth-order valence-corrected chi connectivity index (χ4v) is 2.28. The highest BCUT2D eigenvalue weighted by atomic mass is 35.5. The highest BCUT2D eigenvalue weighted by Gasteiger charge is 2.22. The number of piperidine rings is 1. The maximum atomic E-state index is 12.2. The zero-order chi connectivity index (χ0) is 13.8. The van der Waals surface area contributed by atoms with Crippen LogP contribution in [0.4, 0.5) is 0 Å². The molecule has 1 amide bonds. The van der Waals surface area contributed by atoms with Crippen molar-refractivity contribution in [2.75, 3.05) is 20.1 Å². The molecule has 1 atom stereocenters. The van der Waals surface area contributed by atoms with Gasteiger partial charge in [0.15, 0.2) is 5.69 Å². The van der Waals surface area contributed by atoms with Crippen molar-refractivity contribution in [1.29, 1.82) is 0 Å². The third kappa shape index (κ3) is 3.70. The average Bonchev–Trinajstić information content (AvgIpc) is 2.95. The molecule has 0 bridgehead atoms. The van der Waals surface area contributed by atoms with Gasteiger partial charge < -0.3 is 10.2 Å². The van der Waals surface area contributed by atoms with Crippen LogP contribution in [0.25, 0.3) is 0 Å². The Morgan fingerprint density at radius 3 is 2.80 bits per heavy atom. The molecular weight excluding hydrogens is 278 g/mol. The van der Waals surface area contributed by atoms with E-state index in [1.165, 1.54) is 0 Å². The van der Waals surface area contributed by atoms with Gasteiger partial charge in [0.05, 0.1) is 12.2 Å². The number of nitrogens with one attached hydrogen (secondary N) is 1. The van der Waals surface area contributed by atoms with Crippen LogP contribution in [0.5, 0.6) is 0 Å². The van der Waals surface area contributed by atoms with Crippen LogP contribution in [-0.4, -0.2) is 52.0 Å². The molecule has 1 saturated heterocycles. The largest absolute Gasteiger partial charge is 0.338 e. The Morgan fingerprint density at radius 1 is 1.55 bits per heavy atom. The second-order valence-corrected chi connectivity index (χ2v) is 5.24. The summed E-state index contributed by atoms with van der Waals surface area (Å²) < 4.78 is 1.85. The van der Waals surface area contributed by atoms with Crippen molar-refractivity contribution in [3.05, 3.63) is 11.9 Å². The summed E-state index contributed by atoms with van der Waals surface area (Å²) in [6, 6.07) is 0.584. The third-order valence-electron chi connectivity index (χ3n) is 3.98. The number of nitrogens with zero attached hydrogens (tertiary/aromatic N) is 4. The first-order chi connectivity index (χ1) is 9.13. The summed E-state index contributed by atoms with van der Waals surface area (Å²) in [4.78, 5) is 14.0. The fourth-order valence-electron chi connectivity index (χ4n) is 2.28. The van der Waals surface area contributed by atoms with Gasteiger partial charge in [-0.05, 0) is 39.3 Å². The predicted octanol–water partition coefficient (Wildman–Crippen LogP) is 1.49. The number of hydrogen-bond acceptors (Lipinski definition) is 4. The Morgan fingerprint density at radius 2 is 2.20 bits per heavy atom. The average molecular weight is 302 g/mol. The second kappa shape index (κ2) is 7.59. The van der Waals surface area contributed by atoms with Gasteiger partial charge in [-0.2, -0.15) is 0 Å². The molecule has 1 unspecified atom stereocenters. The van der Waals surface area contributed by atoms with Crippen LogP contribution >= 0.6 is 12.4 Å². The highest BCUT2D eigenvalue weighted by Crippen LogP contribution is 2.17. The molecule has 0 spiro atoms. The maximum absolute atomic E-state index is 12.2. The van der Waals surface area contributed by atoms with Crippen molar-refractivity contribution in [3.8, 4) is 0 Å². The predicted molar refractivity (Wildman–Crippen MR) is 80.3 cm³/mol. The Balaban J connectivity index is 0.00000200. The molecule has 114 valence electrons. The van der Waals surface area contributed by atoms with E-state index in [0.717, 1.165) is 32.4 Å². The van der Waals surface area contributed by atoms with Crippen molar-refractivity contribution in [1.82, 2.24) is 25.2 Å².